The van der Waals surface area contributed by atoms with E-state index in [1.807, 2.05) is 47.3 Å². The van der Waals surface area contributed by atoms with Crippen LogP contribution >= 0.6 is 11.3 Å². The molecule has 2 N–H and O–H groups in total. The fraction of sp³-hybridized carbons (Fsp3) is 0.190. The van der Waals surface area contributed by atoms with Crippen LogP contribution in [0.4, 0.5) is 5.69 Å². The summed E-state index contributed by atoms with van der Waals surface area (Å²) in [5.74, 6) is 0.698. The van der Waals surface area contributed by atoms with E-state index in [4.69, 9.17) is 9.84 Å². The summed E-state index contributed by atoms with van der Waals surface area (Å²) in [4.78, 5) is 16.8. The molecule has 0 unspecified atom stereocenters. The van der Waals surface area contributed by atoms with Gasteiger partial charge in [0.15, 0.2) is 6.61 Å². The van der Waals surface area contributed by atoms with Crippen molar-refractivity contribution in [1.82, 2.24) is 4.68 Å². The van der Waals surface area contributed by atoms with E-state index in [9.17, 15) is 9.90 Å². The molecule has 0 spiro atoms. The number of hydrogen-bond acceptors (Lipinski definition) is 6. The Labute approximate surface area is 171 Å². The van der Waals surface area contributed by atoms with E-state index in [0.717, 1.165) is 27.3 Å². The lowest BCUT2D eigenvalue weighted by Gasteiger charge is -2.18. The van der Waals surface area contributed by atoms with Gasteiger partial charge in [0.05, 0.1) is 17.1 Å². The zero-order valence-electron chi connectivity index (χ0n) is 16.0. The van der Waals surface area contributed by atoms with Crippen molar-refractivity contribution >= 4 is 28.6 Å². The van der Waals surface area contributed by atoms with Crippen LogP contribution in [0.3, 0.4) is 0 Å². The molecule has 0 radical (unpaired) electrons. The quantitative estimate of drug-likeness (QED) is 0.648. The zero-order chi connectivity index (χ0) is 20.4. The molecule has 29 heavy (non-hydrogen) atoms. The predicted molar refractivity (Wildman–Crippen MR) is 114 cm³/mol. The van der Waals surface area contributed by atoms with Gasteiger partial charge in [-0.15, -0.1) is 11.3 Å². The number of thiazole rings is 1. The minimum atomic E-state index is -0.171. The number of fused-ring (bicyclic) bond motifs is 1. The van der Waals surface area contributed by atoms with E-state index in [0.29, 0.717) is 17.9 Å². The summed E-state index contributed by atoms with van der Waals surface area (Å²) < 4.78 is 7.26. The van der Waals surface area contributed by atoms with Crippen LogP contribution in [0.1, 0.15) is 18.9 Å². The van der Waals surface area contributed by atoms with Gasteiger partial charge < -0.3 is 15.2 Å². The lowest BCUT2D eigenvalue weighted by Crippen LogP contribution is -2.25. The molecular weight excluding hydrogens is 388 g/mol. The highest BCUT2D eigenvalue weighted by molar-refractivity contribution is 7.07. The monoisotopic (exact) mass is 408 g/mol. The van der Waals surface area contributed by atoms with E-state index < -0.39 is 0 Å². The van der Waals surface area contributed by atoms with Gasteiger partial charge in [-0.25, -0.2) is 4.68 Å². The Morgan fingerprint density at radius 3 is 2.79 bits per heavy atom. The second-order valence-electron chi connectivity index (χ2n) is 6.43. The number of aromatic hydroxyl groups is 1. The van der Waals surface area contributed by atoms with E-state index in [1.165, 1.54) is 11.3 Å². The topological polar surface area (TPSA) is 88.2 Å². The molecule has 4 rings (SSSR count). The van der Waals surface area contributed by atoms with Gasteiger partial charge in [-0.05, 0) is 54.4 Å². The van der Waals surface area contributed by atoms with Crippen molar-refractivity contribution in [3.8, 4) is 22.8 Å². The maximum Gasteiger partial charge on any atom is 0.262 e. The van der Waals surface area contributed by atoms with Crippen LogP contribution in [0.25, 0.3) is 11.3 Å². The molecule has 0 aliphatic carbocycles. The number of benzene rings is 2. The second kappa shape index (κ2) is 7.92. The minimum Gasteiger partial charge on any atom is -0.508 e. The predicted octanol–water partition coefficient (Wildman–Crippen LogP) is 3.45. The van der Waals surface area contributed by atoms with E-state index in [2.05, 4.69) is 10.3 Å². The number of carbonyl (C=O) groups is 1. The fourth-order valence-corrected chi connectivity index (χ4v) is 3.89. The number of nitrogens with zero attached hydrogens (tertiary/aromatic N) is 3. The molecular formula is C21H20N4O3S. The van der Waals surface area contributed by atoms with Gasteiger partial charge in [0.2, 0.25) is 4.80 Å². The number of nitrogens with one attached hydrogen (secondary N) is 1. The second-order valence-corrected chi connectivity index (χ2v) is 7.27. The lowest BCUT2D eigenvalue weighted by atomic mass is 10.1. The number of phenols is 1. The van der Waals surface area contributed by atoms with Crippen LogP contribution in [0.2, 0.25) is 0 Å². The van der Waals surface area contributed by atoms with Gasteiger partial charge in [-0.3, -0.25) is 9.79 Å². The summed E-state index contributed by atoms with van der Waals surface area (Å²) in [6.07, 6.45) is 0.713. The molecule has 1 aliphatic heterocycles. The Morgan fingerprint density at radius 1 is 1.28 bits per heavy atom. The van der Waals surface area contributed by atoms with Crippen molar-refractivity contribution in [3.63, 3.8) is 0 Å². The summed E-state index contributed by atoms with van der Waals surface area (Å²) in [5.41, 5.74) is 4.20. The number of amides is 1. The smallest absolute Gasteiger partial charge is 0.262 e. The first-order valence-corrected chi connectivity index (χ1v) is 10.0. The van der Waals surface area contributed by atoms with Crippen LogP contribution in [0.5, 0.6) is 11.5 Å². The highest BCUT2D eigenvalue weighted by Gasteiger charge is 2.18. The third kappa shape index (κ3) is 3.79. The average Bonchev–Trinajstić information content (AvgIpc) is 3.14. The molecule has 3 aromatic rings. The fourth-order valence-electron chi connectivity index (χ4n) is 3.10. The number of hydrogen-bond donors (Lipinski definition) is 2. The van der Waals surface area contributed by atoms with Crippen molar-refractivity contribution in [3.05, 3.63) is 58.2 Å². The molecule has 0 saturated carbocycles. The molecule has 0 fully saturated rings. The lowest BCUT2D eigenvalue weighted by molar-refractivity contribution is -0.118. The van der Waals surface area contributed by atoms with Crippen LogP contribution in [-0.2, 0) is 4.79 Å². The first-order chi connectivity index (χ1) is 14.1. The van der Waals surface area contributed by atoms with Crippen molar-refractivity contribution in [2.24, 2.45) is 10.1 Å². The van der Waals surface area contributed by atoms with Gasteiger partial charge in [0.25, 0.3) is 5.91 Å². The highest BCUT2D eigenvalue weighted by Crippen LogP contribution is 2.33. The Bertz CT molecular complexity index is 1160. The maximum absolute atomic E-state index is 11.7. The van der Waals surface area contributed by atoms with Gasteiger partial charge in [0.1, 0.15) is 11.5 Å². The molecule has 0 saturated heterocycles. The molecule has 1 amide bonds. The molecule has 2 aromatic carbocycles. The minimum absolute atomic E-state index is 0.0282. The van der Waals surface area contributed by atoms with Gasteiger partial charge in [0, 0.05) is 18.0 Å². The normalized spacial score (nSPS) is 14.3. The van der Waals surface area contributed by atoms with E-state index >= 15 is 0 Å². The van der Waals surface area contributed by atoms with Crippen LogP contribution in [0, 0.1) is 0 Å². The van der Waals surface area contributed by atoms with Crippen LogP contribution in [0.15, 0.2) is 57.9 Å². The van der Waals surface area contributed by atoms with Gasteiger partial charge >= 0.3 is 0 Å². The van der Waals surface area contributed by atoms with Gasteiger partial charge in [-0.1, -0.05) is 6.92 Å². The molecule has 0 bridgehead atoms. The number of phenolic OH excluding ortho intramolecular Hbond substituents is 1. The van der Waals surface area contributed by atoms with E-state index in [1.54, 1.807) is 19.2 Å². The molecule has 8 heteroatoms. The molecule has 2 heterocycles. The van der Waals surface area contributed by atoms with Crippen molar-refractivity contribution in [2.45, 2.75) is 13.3 Å². The maximum atomic E-state index is 11.7. The summed E-state index contributed by atoms with van der Waals surface area (Å²) in [7, 11) is 1.73. The average molecular weight is 408 g/mol. The Hall–Kier alpha value is -3.39. The van der Waals surface area contributed by atoms with Crippen molar-refractivity contribution < 1.29 is 14.6 Å². The Morgan fingerprint density at radius 2 is 2.07 bits per heavy atom. The van der Waals surface area contributed by atoms with E-state index in [-0.39, 0.29) is 18.3 Å². The number of ether oxygens (including phenoxy) is 1. The molecule has 148 valence electrons. The van der Waals surface area contributed by atoms with Gasteiger partial charge in [-0.2, -0.15) is 5.10 Å². The third-order valence-corrected chi connectivity index (χ3v) is 5.45. The zero-order valence-corrected chi connectivity index (χ0v) is 16.9. The largest absolute Gasteiger partial charge is 0.508 e. The van der Waals surface area contributed by atoms with Crippen molar-refractivity contribution in [1.29, 1.82) is 0 Å². The summed E-state index contributed by atoms with van der Waals surface area (Å²) in [6.45, 7) is 2.06. The SMILES string of the molecule is CCC(=Nn1c(-c2ccc3c(c2)NC(=O)CO3)csc1=NC)c1ccc(O)cc1. The number of carbonyl (C=O) groups excluding carboxylic acids is 1. The summed E-state index contributed by atoms with van der Waals surface area (Å²) >= 11 is 1.49. The van der Waals surface area contributed by atoms with Crippen LogP contribution in [-0.4, -0.2) is 35.1 Å². The highest BCUT2D eigenvalue weighted by atomic mass is 32.1. The molecule has 0 atom stereocenters. The number of rotatable bonds is 4. The van der Waals surface area contributed by atoms with Crippen LogP contribution < -0.4 is 14.9 Å². The Balaban J connectivity index is 1.82. The molecule has 7 nitrogen and oxygen atoms in total. The van der Waals surface area contributed by atoms with Crippen molar-refractivity contribution in [2.75, 3.05) is 19.0 Å². The summed E-state index contributed by atoms with van der Waals surface area (Å²) in [5, 5.41) is 19.3. The number of aromatic nitrogens is 1. The Kier molecular flexibility index (Phi) is 5.18. The molecule has 1 aromatic heterocycles. The first kappa shape index (κ1) is 18.9. The standard InChI is InChI=1S/C21H20N4O3S/c1-3-16(13-4-7-15(26)8-5-13)24-25-18(12-29-21(25)22-2)14-6-9-19-17(10-14)23-20(27)11-28-19/h4-10,12,26H,3,11H2,1-2H3,(H,23,27). The number of anilines is 1. The third-order valence-electron chi connectivity index (χ3n) is 4.54. The first-order valence-electron chi connectivity index (χ1n) is 9.16. The summed E-state index contributed by atoms with van der Waals surface area (Å²) in [6, 6.07) is 12.7. The molecule has 1 aliphatic rings.